The molecular formula is C26H38F2. The molecule has 0 amide bonds. The Morgan fingerprint density at radius 3 is 2.46 bits per heavy atom. The van der Waals surface area contributed by atoms with Gasteiger partial charge in [0, 0.05) is 0 Å². The fraction of sp³-hybridized carbons (Fsp3) is 0.692. The van der Waals surface area contributed by atoms with Gasteiger partial charge in [-0.15, -0.1) is 0 Å². The van der Waals surface area contributed by atoms with Crippen molar-refractivity contribution in [1.82, 2.24) is 0 Å². The molecule has 0 bridgehead atoms. The monoisotopic (exact) mass is 388 g/mol. The molecule has 0 saturated heterocycles. The number of halogens is 2. The average Bonchev–Trinajstić information content (AvgIpc) is 2.73. The summed E-state index contributed by atoms with van der Waals surface area (Å²) < 4.78 is 27.5. The lowest BCUT2D eigenvalue weighted by atomic mass is 9.67. The highest BCUT2D eigenvalue weighted by molar-refractivity contribution is 5.24. The fourth-order valence-electron chi connectivity index (χ4n) is 5.52. The second kappa shape index (κ2) is 10.6. The lowest BCUT2D eigenvalue weighted by Crippen LogP contribution is -2.25. The highest BCUT2D eigenvalue weighted by Gasteiger charge is 2.32. The van der Waals surface area contributed by atoms with Crippen molar-refractivity contribution in [3.8, 4) is 0 Å². The summed E-state index contributed by atoms with van der Waals surface area (Å²) in [6.07, 6.45) is 21.5. The van der Waals surface area contributed by atoms with Crippen LogP contribution in [-0.2, 0) is 0 Å². The van der Waals surface area contributed by atoms with Crippen molar-refractivity contribution in [2.45, 2.75) is 109 Å². The van der Waals surface area contributed by atoms with E-state index in [1.165, 1.54) is 101 Å². The standard InChI is InChI=1S/C26H38F2/c1-2-3-15-26(16-8-5-9-17-26)18-14-23(19-21-10-6-4-7-11-21)22-12-13-24(27)25(28)20-22/h10,12-13,20,23H,2-9,11,14-19H2,1H3. The molecule has 1 saturated carbocycles. The van der Waals surface area contributed by atoms with Crippen LogP contribution in [0, 0.1) is 17.0 Å². The fourth-order valence-corrected chi connectivity index (χ4v) is 5.52. The van der Waals surface area contributed by atoms with Crippen molar-refractivity contribution in [3.63, 3.8) is 0 Å². The van der Waals surface area contributed by atoms with Gasteiger partial charge in [0.15, 0.2) is 11.6 Å². The molecule has 0 nitrogen and oxygen atoms in total. The molecule has 1 unspecified atom stereocenters. The van der Waals surface area contributed by atoms with Gasteiger partial charge in [0.05, 0.1) is 0 Å². The maximum absolute atomic E-state index is 14.0. The van der Waals surface area contributed by atoms with Gasteiger partial charge >= 0.3 is 0 Å². The third-order valence-corrected chi connectivity index (χ3v) is 7.31. The molecule has 2 aliphatic carbocycles. The normalized spacial score (nSPS) is 20.6. The number of hydrogen-bond donors (Lipinski definition) is 0. The van der Waals surface area contributed by atoms with Gasteiger partial charge < -0.3 is 0 Å². The lowest BCUT2D eigenvalue weighted by molar-refractivity contribution is 0.145. The first-order valence-corrected chi connectivity index (χ1v) is 11.7. The van der Waals surface area contributed by atoms with Gasteiger partial charge in [-0.25, -0.2) is 8.78 Å². The molecule has 156 valence electrons. The number of benzene rings is 1. The van der Waals surface area contributed by atoms with Gasteiger partial charge in [-0.3, -0.25) is 0 Å². The Morgan fingerprint density at radius 1 is 0.964 bits per heavy atom. The van der Waals surface area contributed by atoms with E-state index in [2.05, 4.69) is 13.0 Å². The molecule has 0 N–H and O–H groups in total. The Hall–Kier alpha value is -1.18. The second-order valence-electron chi connectivity index (χ2n) is 9.39. The molecule has 3 rings (SSSR count). The summed E-state index contributed by atoms with van der Waals surface area (Å²) in [6, 6.07) is 4.61. The second-order valence-corrected chi connectivity index (χ2v) is 9.39. The topological polar surface area (TPSA) is 0 Å². The summed E-state index contributed by atoms with van der Waals surface area (Å²) in [5, 5.41) is 0. The van der Waals surface area contributed by atoms with Crippen molar-refractivity contribution in [1.29, 1.82) is 0 Å². The van der Waals surface area contributed by atoms with E-state index in [0.29, 0.717) is 11.3 Å². The Kier molecular flexibility index (Phi) is 8.11. The Labute approximate surface area is 170 Å². The molecule has 1 aromatic carbocycles. The van der Waals surface area contributed by atoms with Crippen molar-refractivity contribution in [2.75, 3.05) is 0 Å². The van der Waals surface area contributed by atoms with E-state index in [-0.39, 0.29) is 0 Å². The predicted molar refractivity (Wildman–Crippen MR) is 115 cm³/mol. The average molecular weight is 389 g/mol. The quantitative estimate of drug-likeness (QED) is 0.371. The molecule has 2 aliphatic rings. The first kappa shape index (κ1) is 21.5. The summed E-state index contributed by atoms with van der Waals surface area (Å²) in [7, 11) is 0. The summed E-state index contributed by atoms with van der Waals surface area (Å²) in [5.74, 6) is -1.11. The van der Waals surface area contributed by atoms with Crippen LogP contribution in [0.25, 0.3) is 0 Å². The third-order valence-electron chi connectivity index (χ3n) is 7.31. The van der Waals surface area contributed by atoms with Crippen LogP contribution in [0.5, 0.6) is 0 Å². The van der Waals surface area contributed by atoms with E-state index < -0.39 is 11.6 Å². The van der Waals surface area contributed by atoms with E-state index in [0.717, 1.165) is 18.4 Å². The van der Waals surface area contributed by atoms with Gasteiger partial charge in [-0.05, 0) is 93.2 Å². The summed E-state index contributed by atoms with van der Waals surface area (Å²) in [5.41, 5.74) is 3.02. The number of allylic oxidation sites excluding steroid dienone is 2. The van der Waals surface area contributed by atoms with Crippen molar-refractivity contribution in [3.05, 3.63) is 47.0 Å². The van der Waals surface area contributed by atoms with Crippen LogP contribution in [0.3, 0.4) is 0 Å². The molecule has 1 fully saturated rings. The largest absolute Gasteiger partial charge is 0.204 e. The zero-order chi connectivity index (χ0) is 19.8. The van der Waals surface area contributed by atoms with Crippen molar-refractivity contribution < 1.29 is 8.78 Å². The number of unbranched alkanes of at least 4 members (excludes halogenated alkanes) is 1. The highest BCUT2D eigenvalue weighted by Crippen LogP contribution is 2.46. The van der Waals surface area contributed by atoms with Crippen LogP contribution in [-0.4, -0.2) is 0 Å². The van der Waals surface area contributed by atoms with Crippen LogP contribution in [0.4, 0.5) is 8.78 Å². The van der Waals surface area contributed by atoms with Gasteiger partial charge in [0.1, 0.15) is 0 Å². The van der Waals surface area contributed by atoms with Crippen LogP contribution < -0.4 is 0 Å². The third kappa shape index (κ3) is 5.91. The van der Waals surface area contributed by atoms with Crippen molar-refractivity contribution in [2.24, 2.45) is 5.41 Å². The van der Waals surface area contributed by atoms with Crippen LogP contribution in [0.2, 0.25) is 0 Å². The Bertz CT molecular complexity index is 640. The molecule has 0 radical (unpaired) electrons. The first-order chi connectivity index (χ1) is 13.6. The first-order valence-electron chi connectivity index (χ1n) is 11.7. The molecule has 0 spiro atoms. The predicted octanol–water partition coefficient (Wildman–Crippen LogP) is 8.86. The zero-order valence-electron chi connectivity index (χ0n) is 17.7. The minimum atomic E-state index is -0.730. The molecule has 1 aromatic rings. The molecule has 1 atom stereocenters. The smallest absolute Gasteiger partial charge is 0.159 e. The van der Waals surface area contributed by atoms with E-state index in [4.69, 9.17) is 0 Å². The summed E-state index contributed by atoms with van der Waals surface area (Å²) >= 11 is 0. The minimum absolute atomic E-state index is 0.319. The Balaban J connectivity index is 1.75. The van der Waals surface area contributed by atoms with Crippen LogP contribution in [0.15, 0.2) is 29.8 Å². The summed E-state index contributed by atoms with van der Waals surface area (Å²) in [4.78, 5) is 0. The van der Waals surface area contributed by atoms with Gasteiger partial charge in [-0.1, -0.05) is 56.7 Å². The van der Waals surface area contributed by atoms with Crippen LogP contribution >= 0.6 is 0 Å². The maximum atomic E-state index is 14.0. The van der Waals surface area contributed by atoms with E-state index in [9.17, 15) is 8.78 Å². The zero-order valence-corrected chi connectivity index (χ0v) is 17.7. The van der Waals surface area contributed by atoms with Gasteiger partial charge in [0.2, 0.25) is 0 Å². The van der Waals surface area contributed by atoms with Crippen LogP contribution in [0.1, 0.15) is 115 Å². The van der Waals surface area contributed by atoms with Crippen molar-refractivity contribution >= 4 is 0 Å². The molecule has 28 heavy (non-hydrogen) atoms. The minimum Gasteiger partial charge on any atom is -0.204 e. The SMILES string of the molecule is CCCCC1(CCC(CC2=CCCCC2)c2ccc(F)c(F)c2)CCCCC1. The molecule has 0 aliphatic heterocycles. The molecular weight excluding hydrogens is 350 g/mol. The maximum Gasteiger partial charge on any atom is 0.159 e. The van der Waals surface area contributed by atoms with E-state index >= 15 is 0 Å². The molecule has 0 aromatic heterocycles. The van der Waals surface area contributed by atoms with E-state index in [1.54, 1.807) is 0 Å². The number of hydrogen-bond acceptors (Lipinski definition) is 0. The highest BCUT2D eigenvalue weighted by atomic mass is 19.2. The lowest BCUT2D eigenvalue weighted by Gasteiger charge is -2.39. The molecule has 2 heteroatoms. The molecule has 0 heterocycles. The van der Waals surface area contributed by atoms with Gasteiger partial charge in [-0.2, -0.15) is 0 Å². The van der Waals surface area contributed by atoms with E-state index in [1.807, 2.05) is 6.07 Å². The number of rotatable bonds is 9. The Morgan fingerprint density at radius 2 is 1.79 bits per heavy atom. The van der Waals surface area contributed by atoms with Gasteiger partial charge in [0.25, 0.3) is 0 Å². The summed E-state index contributed by atoms with van der Waals surface area (Å²) in [6.45, 7) is 2.29.